The van der Waals surface area contributed by atoms with Gasteiger partial charge in [0.05, 0.1) is 7.11 Å². The lowest BCUT2D eigenvalue weighted by atomic mass is 10.2. The molecule has 0 aliphatic carbocycles. The number of nitrogens with zero attached hydrogens (tertiary/aromatic N) is 2. The van der Waals surface area contributed by atoms with E-state index in [0.29, 0.717) is 24.6 Å². The second-order valence-corrected chi connectivity index (χ2v) is 8.97. The zero-order valence-corrected chi connectivity index (χ0v) is 21.4. The van der Waals surface area contributed by atoms with Crippen molar-refractivity contribution in [3.63, 3.8) is 0 Å². The molecular formula is C29H32FN3O5. The van der Waals surface area contributed by atoms with Crippen molar-refractivity contribution in [1.29, 1.82) is 0 Å². The van der Waals surface area contributed by atoms with Crippen molar-refractivity contribution in [2.24, 2.45) is 0 Å². The maximum absolute atomic E-state index is 13.1. The highest BCUT2D eigenvalue weighted by molar-refractivity contribution is 5.78. The average Bonchev–Trinajstić information content (AvgIpc) is 2.96. The standard InChI is InChI=1S/C29H32FN3O5/c1-36-26-12-9-24(18-31-29(35)38-20-23-5-3-2-4-6-23)17-27(26)37-21-28(34)33-15-13-32(14-16-33)19-22-7-10-25(30)11-8-22/h2-12,17H,13-16,18-21H2,1H3,(H,31,35). The second kappa shape index (κ2) is 13.4. The van der Waals surface area contributed by atoms with E-state index >= 15 is 0 Å². The molecule has 38 heavy (non-hydrogen) atoms. The lowest BCUT2D eigenvalue weighted by molar-refractivity contribution is -0.135. The van der Waals surface area contributed by atoms with Crippen LogP contribution in [0.15, 0.2) is 72.8 Å². The van der Waals surface area contributed by atoms with Gasteiger partial charge in [-0.25, -0.2) is 9.18 Å². The van der Waals surface area contributed by atoms with E-state index in [9.17, 15) is 14.0 Å². The maximum atomic E-state index is 13.1. The third-order valence-corrected chi connectivity index (χ3v) is 6.27. The van der Waals surface area contributed by atoms with Crippen LogP contribution in [0, 0.1) is 5.82 Å². The number of methoxy groups -OCH3 is 1. The Bertz CT molecular complexity index is 1200. The maximum Gasteiger partial charge on any atom is 0.407 e. The summed E-state index contributed by atoms with van der Waals surface area (Å²) in [5, 5.41) is 2.72. The van der Waals surface area contributed by atoms with Crippen LogP contribution >= 0.6 is 0 Å². The molecule has 1 N–H and O–H groups in total. The summed E-state index contributed by atoms with van der Waals surface area (Å²) in [5.41, 5.74) is 2.72. The number of ether oxygens (including phenoxy) is 3. The number of benzene rings is 3. The van der Waals surface area contributed by atoms with Crippen LogP contribution in [0.4, 0.5) is 9.18 Å². The van der Waals surface area contributed by atoms with E-state index in [1.807, 2.05) is 36.4 Å². The van der Waals surface area contributed by atoms with Crippen LogP contribution in [-0.4, -0.2) is 61.7 Å². The van der Waals surface area contributed by atoms with Crippen molar-refractivity contribution in [3.05, 3.63) is 95.3 Å². The SMILES string of the molecule is COc1ccc(CNC(=O)OCc2ccccc2)cc1OCC(=O)N1CCN(Cc2ccc(F)cc2)CC1. The summed E-state index contributed by atoms with van der Waals surface area (Å²) in [6.07, 6.45) is -0.527. The van der Waals surface area contributed by atoms with Gasteiger partial charge >= 0.3 is 6.09 Å². The van der Waals surface area contributed by atoms with Crippen molar-refractivity contribution in [1.82, 2.24) is 15.1 Å². The van der Waals surface area contributed by atoms with Gasteiger partial charge in [-0.2, -0.15) is 0 Å². The molecule has 3 aromatic rings. The van der Waals surface area contributed by atoms with E-state index in [-0.39, 0.29) is 31.5 Å². The molecule has 1 saturated heterocycles. The molecule has 1 aliphatic heterocycles. The minimum atomic E-state index is -0.527. The predicted molar refractivity (Wildman–Crippen MR) is 140 cm³/mol. The molecule has 0 bridgehead atoms. The lowest BCUT2D eigenvalue weighted by Crippen LogP contribution is -2.49. The van der Waals surface area contributed by atoms with Gasteiger partial charge in [0.15, 0.2) is 18.1 Å². The van der Waals surface area contributed by atoms with Crippen LogP contribution < -0.4 is 14.8 Å². The highest BCUT2D eigenvalue weighted by Crippen LogP contribution is 2.28. The summed E-state index contributed by atoms with van der Waals surface area (Å²) in [5.74, 6) is 0.565. The molecule has 0 atom stereocenters. The third kappa shape index (κ3) is 7.94. The molecule has 1 fully saturated rings. The van der Waals surface area contributed by atoms with Gasteiger partial charge in [-0.3, -0.25) is 9.69 Å². The van der Waals surface area contributed by atoms with Crippen LogP contribution in [0.5, 0.6) is 11.5 Å². The van der Waals surface area contributed by atoms with E-state index in [4.69, 9.17) is 14.2 Å². The Kier molecular flexibility index (Phi) is 9.53. The van der Waals surface area contributed by atoms with Gasteiger partial charge in [-0.15, -0.1) is 0 Å². The molecule has 0 saturated carbocycles. The monoisotopic (exact) mass is 521 g/mol. The number of carbonyl (C=O) groups is 2. The fourth-order valence-corrected chi connectivity index (χ4v) is 4.13. The summed E-state index contributed by atoms with van der Waals surface area (Å²) < 4.78 is 29.6. The number of alkyl carbamates (subject to hydrolysis) is 1. The highest BCUT2D eigenvalue weighted by atomic mass is 19.1. The summed E-state index contributed by atoms with van der Waals surface area (Å²) in [7, 11) is 1.53. The zero-order valence-electron chi connectivity index (χ0n) is 21.4. The van der Waals surface area contributed by atoms with E-state index in [2.05, 4.69) is 10.2 Å². The third-order valence-electron chi connectivity index (χ3n) is 6.27. The molecule has 0 radical (unpaired) electrons. The number of amides is 2. The summed E-state index contributed by atoms with van der Waals surface area (Å²) in [6, 6.07) is 21.2. The smallest absolute Gasteiger partial charge is 0.407 e. The molecule has 3 aromatic carbocycles. The van der Waals surface area contributed by atoms with Gasteiger partial charge < -0.3 is 24.4 Å². The van der Waals surface area contributed by atoms with Crippen LogP contribution in [0.25, 0.3) is 0 Å². The van der Waals surface area contributed by atoms with Gasteiger partial charge in [0.1, 0.15) is 12.4 Å². The topological polar surface area (TPSA) is 80.3 Å². The van der Waals surface area contributed by atoms with Gasteiger partial charge in [0, 0.05) is 39.3 Å². The van der Waals surface area contributed by atoms with Crippen LogP contribution in [0.2, 0.25) is 0 Å². The van der Waals surface area contributed by atoms with Gasteiger partial charge in [-0.05, 0) is 41.0 Å². The molecule has 2 amide bonds. The van der Waals surface area contributed by atoms with Gasteiger partial charge in [0.2, 0.25) is 0 Å². The lowest BCUT2D eigenvalue weighted by Gasteiger charge is -2.34. The zero-order chi connectivity index (χ0) is 26.7. The van der Waals surface area contributed by atoms with Crippen LogP contribution in [0.3, 0.4) is 0 Å². The Hall–Kier alpha value is -4.11. The Morgan fingerprint density at radius 2 is 1.58 bits per heavy atom. The van der Waals surface area contributed by atoms with Crippen molar-refractivity contribution in [3.8, 4) is 11.5 Å². The van der Waals surface area contributed by atoms with E-state index in [1.165, 1.54) is 19.2 Å². The molecule has 0 spiro atoms. The van der Waals surface area contributed by atoms with Crippen molar-refractivity contribution in [2.45, 2.75) is 19.7 Å². The summed E-state index contributed by atoms with van der Waals surface area (Å²) in [6.45, 7) is 3.66. The first-order valence-corrected chi connectivity index (χ1v) is 12.5. The molecule has 1 heterocycles. The fraction of sp³-hybridized carbons (Fsp3) is 0.310. The summed E-state index contributed by atoms with van der Waals surface area (Å²) in [4.78, 5) is 28.9. The van der Waals surface area contributed by atoms with E-state index in [0.717, 1.165) is 36.3 Å². The molecule has 0 aromatic heterocycles. The number of carbonyl (C=O) groups excluding carboxylic acids is 2. The minimum Gasteiger partial charge on any atom is -0.493 e. The molecule has 0 unspecified atom stereocenters. The number of halogens is 1. The first kappa shape index (κ1) is 26.9. The predicted octanol–water partition coefficient (Wildman–Crippen LogP) is 3.98. The quantitative estimate of drug-likeness (QED) is 0.435. The van der Waals surface area contributed by atoms with Crippen molar-refractivity contribution in [2.75, 3.05) is 39.9 Å². The van der Waals surface area contributed by atoms with Gasteiger partial charge in [-0.1, -0.05) is 48.5 Å². The van der Waals surface area contributed by atoms with E-state index in [1.54, 1.807) is 29.2 Å². The highest BCUT2D eigenvalue weighted by Gasteiger charge is 2.22. The first-order valence-electron chi connectivity index (χ1n) is 12.5. The van der Waals surface area contributed by atoms with E-state index < -0.39 is 6.09 Å². The average molecular weight is 522 g/mol. The number of hydrogen-bond donors (Lipinski definition) is 1. The number of hydrogen-bond acceptors (Lipinski definition) is 6. The molecular weight excluding hydrogens is 489 g/mol. The molecule has 9 heteroatoms. The normalized spacial score (nSPS) is 13.6. The Morgan fingerprint density at radius 3 is 2.29 bits per heavy atom. The summed E-state index contributed by atoms with van der Waals surface area (Å²) >= 11 is 0. The largest absolute Gasteiger partial charge is 0.493 e. The number of nitrogens with one attached hydrogen (secondary N) is 1. The Balaban J connectivity index is 1.22. The first-order chi connectivity index (χ1) is 18.5. The number of piperazine rings is 1. The minimum absolute atomic E-state index is 0.110. The van der Waals surface area contributed by atoms with Crippen LogP contribution in [-0.2, 0) is 29.2 Å². The molecule has 4 rings (SSSR count). The molecule has 8 nitrogen and oxygen atoms in total. The van der Waals surface area contributed by atoms with Gasteiger partial charge in [0.25, 0.3) is 5.91 Å². The molecule has 200 valence electrons. The Morgan fingerprint density at radius 1 is 0.868 bits per heavy atom. The van der Waals surface area contributed by atoms with Crippen LogP contribution in [0.1, 0.15) is 16.7 Å². The Labute approximate surface area is 221 Å². The van der Waals surface area contributed by atoms with Crippen molar-refractivity contribution < 1.29 is 28.2 Å². The molecule has 1 aliphatic rings. The number of rotatable bonds is 10. The van der Waals surface area contributed by atoms with Crippen molar-refractivity contribution >= 4 is 12.0 Å². The second-order valence-electron chi connectivity index (χ2n) is 8.97. The fourth-order valence-electron chi connectivity index (χ4n) is 4.13.